The topological polar surface area (TPSA) is 50.9 Å². The number of nitrogens with one attached hydrogen (secondary N) is 2. The normalized spacial score (nSPS) is 15.6. The Morgan fingerprint density at radius 1 is 0.909 bits per heavy atom. The van der Waals surface area contributed by atoms with Gasteiger partial charge in [0.25, 0.3) is 0 Å². The van der Waals surface area contributed by atoms with E-state index >= 15 is 0 Å². The van der Waals surface area contributed by atoms with Crippen molar-refractivity contribution in [1.29, 1.82) is 0 Å². The Labute approximate surface area is 198 Å². The smallest absolute Gasteiger partial charge is 0.137 e. The maximum absolute atomic E-state index is 4.71. The van der Waals surface area contributed by atoms with Crippen LogP contribution in [0.4, 0.5) is 0 Å². The summed E-state index contributed by atoms with van der Waals surface area (Å²) in [5.41, 5.74) is 8.03. The minimum atomic E-state index is 0.876. The molecule has 5 aromatic rings. The lowest BCUT2D eigenvalue weighted by Gasteiger charge is -2.32. The summed E-state index contributed by atoms with van der Waals surface area (Å²) in [5, 5.41) is 3.17. The van der Waals surface area contributed by atoms with Crippen LogP contribution in [0.5, 0.6) is 0 Å². The highest BCUT2D eigenvalue weighted by Crippen LogP contribution is 2.33. The zero-order valence-electron chi connectivity index (χ0n) is 18.7. The molecular weight excluding hydrogens is 426 g/mol. The van der Waals surface area contributed by atoms with E-state index in [-0.39, 0.29) is 0 Å². The van der Waals surface area contributed by atoms with Crippen molar-refractivity contribution in [2.75, 3.05) is 33.2 Å². The largest absolute Gasteiger partial charge is 0.350 e. The second-order valence-electron chi connectivity index (χ2n) is 9.06. The van der Waals surface area contributed by atoms with Crippen molar-refractivity contribution in [3.8, 4) is 22.3 Å². The van der Waals surface area contributed by atoms with Crippen molar-refractivity contribution in [3.63, 3.8) is 0 Å². The summed E-state index contributed by atoms with van der Waals surface area (Å²) in [7, 11) is 2.20. The summed E-state index contributed by atoms with van der Waals surface area (Å²) in [6.07, 6.45) is 4.01. The summed E-state index contributed by atoms with van der Waals surface area (Å²) in [6, 6.07) is 19.7. The molecule has 1 aliphatic heterocycles. The fourth-order valence-corrected chi connectivity index (χ4v) is 5.01. The van der Waals surface area contributed by atoms with Gasteiger partial charge in [0.05, 0.1) is 5.03 Å². The number of pyridine rings is 1. The van der Waals surface area contributed by atoms with Crippen molar-refractivity contribution in [1.82, 2.24) is 24.8 Å². The van der Waals surface area contributed by atoms with E-state index in [4.69, 9.17) is 4.98 Å². The van der Waals surface area contributed by atoms with Gasteiger partial charge in [-0.25, -0.2) is 4.98 Å². The monoisotopic (exact) mass is 453 g/mol. The number of fused-ring (bicyclic) bond motifs is 2. The number of aromatic nitrogens is 3. The van der Waals surface area contributed by atoms with Gasteiger partial charge in [-0.1, -0.05) is 30.3 Å². The number of benzene rings is 2. The van der Waals surface area contributed by atoms with Crippen LogP contribution in [0.15, 0.2) is 72.0 Å². The maximum atomic E-state index is 4.71. The Balaban J connectivity index is 1.28. The molecule has 33 heavy (non-hydrogen) atoms. The molecule has 1 saturated heterocycles. The highest BCUT2D eigenvalue weighted by molar-refractivity contribution is 7.80. The summed E-state index contributed by atoms with van der Waals surface area (Å²) in [5.74, 6) is 0. The number of H-pyrrole nitrogens is 2. The highest BCUT2D eigenvalue weighted by atomic mass is 32.1. The lowest BCUT2D eigenvalue weighted by Crippen LogP contribution is -2.43. The van der Waals surface area contributed by atoms with Gasteiger partial charge in [-0.2, -0.15) is 0 Å². The van der Waals surface area contributed by atoms with Gasteiger partial charge in [-0.3, -0.25) is 4.90 Å². The highest BCUT2D eigenvalue weighted by Gasteiger charge is 2.14. The number of nitrogens with zero attached hydrogens (tertiary/aromatic N) is 3. The second kappa shape index (κ2) is 8.37. The number of piperazine rings is 1. The summed E-state index contributed by atoms with van der Waals surface area (Å²) in [4.78, 5) is 16.2. The predicted octanol–water partition coefficient (Wildman–Crippen LogP) is 5.41. The molecule has 0 atom stereocenters. The van der Waals surface area contributed by atoms with Gasteiger partial charge in [-0.15, -0.1) is 12.6 Å². The molecule has 0 aliphatic carbocycles. The van der Waals surface area contributed by atoms with Crippen molar-refractivity contribution >= 4 is 34.6 Å². The zero-order valence-corrected chi connectivity index (χ0v) is 19.6. The van der Waals surface area contributed by atoms with Crippen LogP contribution in [0.1, 0.15) is 5.56 Å². The first-order valence-electron chi connectivity index (χ1n) is 11.4. The minimum absolute atomic E-state index is 0.876. The van der Waals surface area contributed by atoms with E-state index in [1.165, 1.54) is 16.7 Å². The number of hydrogen-bond acceptors (Lipinski definition) is 4. The van der Waals surface area contributed by atoms with Crippen LogP contribution in [0.2, 0.25) is 0 Å². The van der Waals surface area contributed by atoms with Gasteiger partial charge in [0, 0.05) is 72.5 Å². The molecular formula is C27H27N5S. The second-order valence-corrected chi connectivity index (χ2v) is 9.54. The Kier molecular flexibility index (Phi) is 5.21. The molecule has 0 radical (unpaired) electrons. The van der Waals surface area contributed by atoms with E-state index in [2.05, 4.69) is 100 Å². The average Bonchev–Trinajstić information content (AvgIpc) is 3.42. The lowest BCUT2D eigenvalue weighted by molar-refractivity contribution is 0.148. The first-order chi connectivity index (χ1) is 16.1. The molecule has 1 fully saturated rings. The molecule has 0 unspecified atom stereocenters. The van der Waals surface area contributed by atoms with Gasteiger partial charge in [0.15, 0.2) is 0 Å². The van der Waals surface area contributed by atoms with Gasteiger partial charge in [0.2, 0.25) is 0 Å². The first-order valence-corrected chi connectivity index (χ1v) is 11.9. The molecule has 0 spiro atoms. The molecule has 166 valence electrons. The molecule has 4 heterocycles. The van der Waals surface area contributed by atoms with Gasteiger partial charge >= 0.3 is 0 Å². The number of hydrogen-bond donors (Lipinski definition) is 3. The van der Waals surface area contributed by atoms with E-state index in [0.29, 0.717) is 0 Å². The molecule has 0 bridgehead atoms. The van der Waals surface area contributed by atoms with Crippen molar-refractivity contribution in [2.45, 2.75) is 11.6 Å². The molecule has 3 aromatic heterocycles. The molecule has 0 amide bonds. The van der Waals surface area contributed by atoms with Crippen LogP contribution in [-0.4, -0.2) is 58.0 Å². The molecule has 6 rings (SSSR count). The van der Waals surface area contributed by atoms with E-state index in [1.807, 2.05) is 6.20 Å². The van der Waals surface area contributed by atoms with Crippen LogP contribution in [0.25, 0.3) is 44.2 Å². The molecule has 1 aliphatic rings. The van der Waals surface area contributed by atoms with Crippen LogP contribution < -0.4 is 0 Å². The quantitative estimate of drug-likeness (QED) is 0.319. The van der Waals surface area contributed by atoms with E-state index in [0.717, 1.165) is 70.8 Å². The SMILES string of the molecule is CN1CCN(Cc2ccc(-c3cnc4[nH]cc(-c5ccc6[nH]c(S)cc6c5)c4c3)cc2)CC1. The van der Waals surface area contributed by atoms with Gasteiger partial charge in [-0.05, 0) is 48.0 Å². The summed E-state index contributed by atoms with van der Waals surface area (Å²) < 4.78 is 0. The Hall–Kier alpha value is -3.06. The lowest BCUT2D eigenvalue weighted by atomic mass is 10.0. The van der Waals surface area contributed by atoms with E-state index in [9.17, 15) is 0 Å². The first kappa shape index (κ1) is 20.5. The molecule has 6 heteroatoms. The van der Waals surface area contributed by atoms with E-state index in [1.54, 1.807) is 0 Å². The number of thiol groups is 1. The molecule has 0 saturated carbocycles. The van der Waals surface area contributed by atoms with Crippen LogP contribution in [-0.2, 0) is 6.54 Å². The van der Waals surface area contributed by atoms with Crippen molar-refractivity contribution in [2.24, 2.45) is 0 Å². The number of aromatic amines is 2. The Morgan fingerprint density at radius 3 is 2.52 bits per heavy atom. The fourth-order valence-electron chi connectivity index (χ4n) is 4.75. The maximum Gasteiger partial charge on any atom is 0.137 e. The summed E-state index contributed by atoms with van der Waals surface area (Å²) in [6.45, 7) is 5.59. The van der Waals surface area contributed by atoms with Crippen LogP contribution in [0, 0.1) is 0 Å². The number of rotatable bonds is 4. The fraction of sp³-hybridized carbons (Fsp3) is 0.222. The van der Waals surface area contributed by atoms with Crippen LogP contribution >= 0.6 is 12.6 Å². The van der Waals surface area contributed by atoms with Gasteiger partial charge < -0.3 is 14.9 Å². The third kappa shape index (κ3) is 4.06. The Morgan fingerprint density at radius 2 is 1.70 bits per heavy atom. The van der Waals surface area contributed by atoms with Gasteiger partial charge in [0.1, 0.15) is 5.65 Å². The standard InChI is InChI=1S/C27H27N5S/c1-31-8-10-32(11-9-31)17-18-2-4-19(5-3-18)22-13-23-24(16-29-27(23)28-15-22)20-6-7-25-21(12-20)14-26(33)30-25/h2-7,12-16,30,33H,8-11,17H2,1H3,(H,28,29). The Bertz CT molecular complexity index is 1420. The summed E-state index contributed by atoms with van der Waals surface area (Å²) >= 11 is 4.44. The number of likely N-dealkylation sites (N-methyl/N-ethyl adjacent to an activating group) is 1. The van der Waals surface area contributed by atoms with Crippen molar-refractivity contribution in [3.05, 3.63) is 72.6 Å². The minimum Gasteiger partial charge on any atom is -0.350 e. The zero-order chi connectivity index (χ0) is 22.4. The third-order valence-corrected chi connectivity index (χ3v) is 6.98. The predicted molar refractivity (Wildman–Crippen MR) is 139 cm³/mol. The van der Waals surface area contributed by atoms with E-state index < -0.39 is 0 Å². The molecule has 5 nitrogen and oxygen atoms in total. The molecule has 2 aromatic carbocycles. The van der Waals surface area contributed by atoms with Crippen LogP contribution in [0.3, 0.4) is 0 Å². The molecule has 2 N–H and O–H groups in total. The van der Waals surface area contributed by atoms with Crippen molar-refractivity contribution < 1.29 is 0 Å². The average molecular weight is 454 g/mol. The third-order valence-electron chi connectivity index (χ3n) is 6.74.